The lowest BCUT2D eigenvalue weighted by atomic mass is 10.2. The van der Waals surface area contributed by atoms with Gasteiger partial charge >= 0.3 is 0 Å². The number of hydrogen-bond donors (Lipinski definition) is 2. The van der Waals surface area contributed by atoms with Gasteiger partial charge in [-0.25, -0.2) is 0 Å². The Morgan fingerprint density at radius 1 is 1.06 bits per heavy atom. The van der Waals surface area contributed by atoms with Gasteiger partial charge in [-0.15, -0.1) is 0 Å². The second-order valence-corrected chi connectivity index (χ2v) is 5.45. The Morgan fingerprint density at radius 2 is 1.75 bits per heavy atom. The summed E-state index contributed by atoms with van der Waals surface area (Å²) < 4.78 is 2.19. The first-order valence-electron chi connectivity index (χ1n) is 4.73. The highest BCUT2D eigenvalue weighted by Crippen LogP contribution is 2.25. The Bertz CT molecular complexity index is 497. The minimum Gasteiger partial charge on any atom is -0.399 e. The lowest BCUT2D eigenvalue weighted by Crippen LogP contribution is -1.94. The van der Waals surface area contributed by atoms with Gasteiger partial charge in [0.05, 0.1) is 5.69 Å². The van der Waals surface area contributed by atoms with Crippen molar-refractivity contribution in [1.29, 1.82) is 0 Å². The Labute approximate surface area is 117 Å². The third-order valence-electron chi connectivity index (χ3n) is 2.12. The number of nitrogens with one attached hydrogen (secondary N) is 1. The first kappa shape index (κ1) is 11.7. The van der Waals surface area contributed by atoms with Crippen molar-refractivity contribution in [2.75, 3.05) is 11.1 Å². The van der Waals surface area contributed by atoms with E-state index >= 15 is 0 Å². The molecule has 3 N–H and O–H groups in total. The zero-order valence-electron chi connectivity index (χ0n) is 8.37. The first-order chi connectivity index (χ1) is 7.65. The van der Waals surface area contributed by atoms with Crippen molar-refractivity contribution >= 4 is 55.6 Å². The minimum absolute atomic E-state index is 0.783. The molecule has 0 aliphatic carbocycles. The lowest BCUT2D eigenvalue weighted by molar-refractivity contribution is 1.51. The van der Waals surface area contributed by atoms with Gasteiger partial charge in [-0.2, -0.15) is 0 Å². The summed E-state index contributed by atoms with van der Waals surface area (Å²) in [6, 6.07) is 13.9. The van der Waals surface area contributed by atoms with Crippen LogP contribution in [0.1, 0.15) is 0 Å². The zero-order chi connectivity index (χ0) is 11.5. The summed E-state index contributed by atoms with van der Waals surface area (Å²) in [7, 11) is 0. The Balaban J connectivity index is 2.23. The van der Waals surface area contributed by atoms with Crippen molar-refractivity contribution in [3.63, 3.8) is 0 Å². The second-order valence-electron chi connectivity index (χ2n) is 3.37. The van der Waals surface area contributed by atoms with Crippen molar-refractivity contribution in [2.45, 2.75) is 0 Å². The maximum Gasteiger partial charge on any atom is 0.0521 e. The van der Waals surface area contributed by atoms with E-state index < -0.39 is 0 Å². The molecule has 0 amide bonds. The van der Waals surface area contributed by atoms with Crippen LogP contribution in [0, 0.1) is 3.57 Å². The van der Waals surface area contributed by atoms with Crippen molar-refractivity contribution in [3.8, 4) is 0 Å². The van der Waals surface area contributed by atoms with Gasteiger partial charge < -0.3 is 11.1 Å². The van der Waals surface area contributed by atoms with Crippen molar-refractivity contribution in [1.82, 2.24) is 0 Å². The van der Waals surface area contributed by atoms with E-state index in [1.54, 1.807) is 0 Å². The van der Waals surface area contributed by atoms with Gasteiger partial charge in [0.2, 0.25) is 0 Å². The average Bonchev–Trinajstić information content (AvgIpc) is 2.25. The molecule has 0 aliphatic heterocycles. The predicted octanol–water partition coefficient (Wildman–Crippen LogP) is 4.38. The summed E-state index contributed by atoms with van der Waals surface area (Å²) in [5.74, 6) is 0. The molecule has 0 aliphatic rings. The molecule has 0 aromatic heterocycles. The maximum absolute atomic E-state index is 5.70. The number of benzene rings is 2. The van der Waals surface area contributed by atoms with Crippen LogP contribution in [0.4, 0.5) is 17.1 Å². The Morgan fingerprint density at radius 3 is 2.38 bits per heavy atom. The number of rotatable bonds is 2. The van der Waals surface area contributed by atoms with E-state index in [0.717, 1.165) is 25.1 Å². The topological polar surface area (TPSA) is 38.0 Å². The fraction of sp³-hybridized carbons (Fsp3) is 0. The van der Waals surface area contributed by atoms with Crippen LogP contribution in [0.2, 0.25) is 0 Å². The molecule has 0 atom stereocenters. The lowest BCUT2D eigenvalue weighted by Gasteiger charge is -2.09. The summed E-state index contributed by atoms with van der Waals surface area (Å²) in [4.78, 5) is 0. The molecular formula is C12H10BrIN2. The van der Waals surface area contributed by atoms with E-state index in [2.05, 4.69) is 43.8 Å². The fourth-order valence-corrected chi connectivity index (χ4v) is 2.26. The Kier molecular flexibility index (Phi) is 3.70. The highest BCUT2D eigenvalue weighted by atomic mass is 127. The van der Waals surface area contributed by atoms with E-state index in [1.807, 2.05) is 42.5 Å². The van der Waals surface area contributed by atoms with Gasteiger partial charge in [0, 0.05) is 19.4 Å². The summed E-state index contributed by atoms with van der Waals surface area (Å²) in [5, 5.41) is 3.34. The number of anilines is 3. The molecule has 2 rings (SSSR count). The quantitative estimate of drug-likeness (QED) is 0.591. The fourth-order valence-electron chi connectivity index (χ4n) is 1.32. The van der Waals surface area contributed by atoms with Crippen molar-refractivity contribution < 1.29 is 0 Å². The SMILES string of the molecule is Nc1ccc(Nc2ccc(Br)cc2)c(I)c1. The van der Waals surface area contributed by atoms with Crippen LogP contribution in [0.25, 0.3) is 0 Å². The van der Waals surface area contributed by atoms with Crippen LogP contribution < -0.4 is 11.1 Å². The van der Waals surface area contributed by atoms with Crippen LogP contribution >= 0.6 is 38.5 Å². The number of nitrogens with two attached hydrogens (primary N) is 1. The van der Waals surface area contributed by atoms with E-state index in [4.69, 9.17) is 5.73 Å². The van der Waals surface area contributed by atoms with E-state index in [0.29, 0.717) is 0 Å². The van der Waals surface area contributed by atoms with E-state index in [-0.39, 0.29) is 0 Å². The van der Waals surface area contributed by atoms with Crippen LogP contribution in [0.3, 0.4) is 0 Å². The second kappa shape index (κ2) is 5.05. The zero-order valence-corrected chi connectivity index (χ0v) is 12.1. The summed E-state index contributed by atoms with van der Waals surface area (Å²) in [6.07, 6.45) is 0. The highest BCUT2D eigenvalue weighted by Gasteiger charge is 2.00. The molecule has 0 bridgehead atoms. The van der Waals surface area contributed by atoms with Crippen LogP contribution in [-0.4, -0.2) is 0 Å². The minimum atomic E-state index is 0.783. The number of nitrogen functional groups attached to an aromatic ring is 1. The predicted molar refractivity (Wildman–Crippen MR) is 81.0 cm³/mol. The van der Waals surface area contributed by atoms with Gasteiger partial charge in [0.1, 0.15) is 0 Å². The van der Waals surface area contributed by atoms with Crippen molar-refractivity contribution in [2.24, 2.45) is 0 Å². The summed E-state index contributed by atoms with van der Waals surface area (Å²) in [5.41, 5.74) is 8.61. The molecule has 4 heteroatoms. The third kappa shape index (κ3) is 2.89. The molecule has 16 heavy (non-hydrogen) atoms. The molecule has 0 fully saturated rings. The van der Waals surface area contributed by atoms with Crippen molar-refractivity contribution in [3.05, 3.63) is 50.5 Å². The van der Waals surface area contributed by atoms with Crippen LogP contribution in [0.15, 0.2) is 46.9 Å². The molecule has 2 nitrogen and oxygen atoms in total. The molecule has 82 valence electrons. The maximum atomic E-state index is 5.70. The van der Waals surface area contributed by atoms with Crippen LogP contribution in [0.5, 0.6) is 0 Å². The summed E-state index contributed by atoms with van der Waals surface area (Å²) >= 11 is 5.68. The smallest absolute Gasteiger partial charge is 0.0521 e. The summed E-state index contributed by atoms with van der Waals surface area (Å²) in [6.45, 7) is 0. The van der Waals surface area contributed by atoms with Gasteiger partial charge in [-0.1, -0.05) is 15.9 Å². The average molecular weight is 389 g/mol. The molecule has 0 radical (unpaired) electrons. The van der Waals surface area contributed by atoms with Gasteiger partial charge in [0.15, 0.2) is 0 Å². The first-order valence-corrected chi connectivity index (χ1v) is 6.60. The van der Waals surface area contributed by atoms with E-state index in [9.17, 15) is 0 Å². The monoisotopic (exact) mass is 388 g/mol. The molecule has 2 aromatic rings. The molecular weight excluding hydrogens is 379 g/mol. The molecule has 2 aromatic carbocycles. The van der Waals surface area contributed by atoms with Crippen LogP contribution in [-0.2, 0) is 0 Å². The highest BCUT2D eigenvalue weighted by molar-refractivity contribution is 14.1. The molecule has 0 heterocycles. The Hall–Kier alpha value is -0.750. The molecule has 0 unspecified atom stereocenters. The number of hydrogen-bond acceptors (Lipinski definition) is 2. The number of halogens is 2. The van der Waals surface area contributed by atoms with Gasteiger partial charge in [0.25, 0.3) is 0 Å². The molecule has 0 saturated carbocycles. The molecule has 0 saturated heterocycles. The standard InChI is InChI=1S/C12H10BrIN2/c13-8-1-4-10(5-2-8)16-12-6-3-9(15)7-11(12)14/h1-7,16H,15H2. The van der Waals surface area contributed by atoms with Gasteiger partial charge in [-0.05, 0) is 65.1 Å². The molecule has 0 spiro atoms. The third-order valence-corrected chi connectivity index (χ3v) is 3.54. The largest absolute Gasteiger partial charge is 0.399 e. The van der Waals surface area contributed by atoms with E-state index in [1.165, 1.54) is 0 Å². The normalized spacial score (nSPS) is 10.1. The van der Waals surface area contributed by atoms with Gasteiger partial charge in [-0.3, -0.25) is 0 Å².